The van der Waals surface area contributed by atoms with Crippen LogP contribution in [0.2, 0.25) is 0 Å². The number of nitrogens with zero attached hydrogens (tertiary/aromatic N) is 7. The Bertz CT molecular complexity index is 1180. The Morgan fingerprint density at radius 2 is 1.53 bits per heavy atom. The number of hydrogen-bond acceptors (Lipinski definition) is 6. The molecule has 0 atom stereocenters. The van der Waals surface area contributed by atoms with E-state index in [9.17, 15) is 4.79 Å². The van der Waals surface area contributed by atoms with Crippen molar-refractivity contribution in [3.63, 3.8) is 0 Å². The second-order valence-corrected chi connectivity index (χ2v) is 7.96. The van der Waals surface area contributed by atoms with Crippen molar-refractivity contribution in [3.8, 4) is 0 Å². The predicted molar refractivity (Wildman–Crippen MR) is 122 cm³/mol. The maximum absolute atomic E-state index is 12.7. The van der Waals surface area contributed by atoms with Gasteiger partial charge >= 0.3 is 0 Å². The minimum atomic E-state index is 0.204. The SMILES string of the molecule is O=C(CCc1ccccc1)N1CCN(c2ncnc3c2nnn3Cc2ccccc2)CC1. The molecular formula is C24H25N7O. The van der Waals surface area contributed by atoms with Crippen LogP contribution in [0.15, 0.2) is 67.0 Å². The number of fused-ring (bicyclic) bond motifs is 1. The van der Waals surface area contributed by atoms with Crippen LogP contribution < -0.4 is 4.90 Å². The zero-order chi connectivity index (χ0) is 21.8. The molecule has 1 aliphatic rings. The lowest BCUT2D eigenvalue weighted by Crippen LogP contribution is -2.49. The molecule has 4 aromatic rings. The van der Waals surface area contributed by atoms with Gasteiger partial charge in [0.1, 0.15) is 6.33 Å². The average molecular weight is 428 g/mol. The van der Waals surface area contributed by atoms with E-state index in [1.807, 2.05) is 41.3 Å². The second-order valence-electron chi connectivity index (χ2n) is 7.96. The predicted octanol–water partition coefficient (Wildman–Crippen LogP) is 2.55. The zero-order valence-corrected chi connectivity index (χ0v) is 17.8. The summed E-state index contributed by atoms with van der Waals surface area (Å²) in [5.74, 6) is 0.987. The van der Waals surface area contributed by atoms with Crippen LogP contribution in [0.1, 0.15) is 17.5 Å². The lowest BCUT2D eigenvalue weighted by molar-refractivity contribution is -0.131. The largest absolute Gasteiger partial charge is 0.351 e. The average Bonchev–Trinajstić information content (AvgIpc) is 3.27. The highest BCUT2D eigenvalue weighted by Crippen LogP contribution is 2.22. The summed E-state index contributed by atoms with van der Waals surface area (Å²) in [5.41, 5.74) is 3.76. The smallest absolute Gasteiger partial charge is 0.223 e. The highest BCUT2D eigenvalue weighted by molar-refractivity contribution is 5.83. The van der Waals surface area contributed by atoms with Crippen molar-refractivity contribution in [3.05, 3.63) is 78.1 Å². The third-order valence-corrected chi connectivity index (χ3v) is 5.86. The van der Waals surface area contributed by atoms with Gasteiger partial charge in [0, 0.05) is 32.6 Å². The van der Waals surface area contributed by atoms with Crippen LogP contribution in [0.3, 0.4) is 0 Å². The summed E-state index contributed by atoms with van der Waals surface area (Å²) >= 11 is 0. The molecule has 1 amide bonds. The third kappa shape index (κ3) is 4.30. The molecule has 0 N–H and O–H groups in total. The highest BCUT2D eigenvalue weighted by Gasteiger charge is 2.24. The molecule has 0 bridgehead atoms. The lowest BCUT2D eigenvalue weighted by atomic mass is 10.1. The van der Waals surface area contributed by atoms with E-state index in [2.05, 4.69) is 49.4 Å². The molecule has 162 valence electrons. The van der Waals surface area contributed by atoms with E-state index >= 15 is 0 Å². The molecule has 0 aliphatic carbocycles. The first-order valence-corrected chi connectivity index (χ1v) is 10.9. The van der Waals surface area contributed by atoms with E-state index in [-0.39, 0.29) is 5.91 Å². The van der Waals surface area contributed by atoms with Crippen molar-refractivity contribution in [1.29, 1.82) is 0 Å². The molecule has 0 spiro atoms. The van der Waals surface area contributed by atoms with Gasteiger partial charge < -0.3 is 9.80 Å². The molecule has 5 rings (SSSR count). The summed E-state index contributed by atoms with van der Waals surface area (Å²) in [5, 5.41) is 8.69. The number of hydrogen-bond donors (Lipinski definition) is 0. The van der Waals surface area contributed by atoms with Gasteiger partial charge in [-0.25, -0.2) is 14.6 Å². The molecule has 8 nitrogen and oxygen atoms in total. The van der Waals surface area contributed by atoms with Gasteiger partial charge in [0.05, 0.1) is 6.54 Å². The van der Waals surface area contributed by atoms with E-state index in [0.29, 0.717) is 44.7 Å². The Labute approximate surface area is 186 Å². The van der Waals surface area contributed by atoms with Crippen LogP contribution >= 0.6 is 0 Å². The van der Waals surface area contributed by atoms with Gasteiger partial charge in [-0.3, -0.25) is 4.79 Å². The molecule has 1 fully saturated rings. The van der Waals surface area contributed by atoms with Crippen LogP contribution in [-0.4, -0.2) is 61.9 Å². The third-order valence-electron chi connectivity index (χ3n) is 5.86. The van der Waals surface area contributed by atoms with Crippen molar-refractivity contribution in [2.75, 3.05) is 31.1 Å². The van der Waals surface area contributed by atoms with Crippen LogP contribution in [-0.2, 0) is 17.8 Å². The molecule has 0 saturated carbocycles. The van der Waals surface area contributed by atoms with E-state index in [1.54, 1.807) is 11.0 Å². The molecule has 32 heavy (non-hydrogen) atoms. The Hall–Kier alpha value is -3.81. The maximum atomic E-state index is 12.7. The van der Waals surface area contributed by atoms with Gasteiger partial charge in [0.15, 0.2) is 17.0 Å². The molecule has 2 aromatic heterocycles. The molecule has 8 heteroatoms. The fourth-order valence-corrected chi connectivity index (χ4v) is 4.10. The van der Waals surface area contributed by atoms with Gasteiger partial charge in [-0.1, -0.05) is 65.9 Å². The highest BCUT2D eigenvalue weighted by atomic mass is 16.2. The number of benzene rings is 2. The lowest BCUT2D eigenvalue weighted by Gasteiger charge is -2.35. The molecule has 1 aliphatic heterocycles. The van der Waals surface area contributed by atoms with Gasteiger partial charge in [-0.05, 0) is 17.5 Å². The zero-order valence-electron chi connectivity index (χ0n) is 17.8. The van der Waals surface area contributed by atoms with Crippen molar-refractivity contribution in [2.24, 2.45) is 0 Å². The number of carbonyl (C=O) groups excluding carboxylic acids is 1. The fraction of sp³-hybridized carbons (Fsp3) is 0.292. The number of aromatic nitrogens is 5. The Kier molecular flexibility index (Phi) is 5.74. The topological polar surface area (TPSA) is 80.0 Å². The summed E-state index contributed by atoms with van der Waals surface area (Å²) in [6.07, 6.45) is 2.88. The molecule has 0 radical (unpaired) electrons. The van der Waals surface area contributed by atoms with Gasteiger partial charge in [-0.15, -0.1) is 5.10 Å². The minimum Gasteiger partial charge on any atom is -0.351 e. The second kappa shape index (κ2) is 9.13. The molecule has 0 unspecified atom stereocenters. The summed E-state index contributed by atoms with van der Waals surface area (Å²) in [6, 6.07) is 20.3. The van der Waals surface area contributed by atoms with Gasteiger partial charge in [-0.2, -0.15) is 0 Å². The number of carbonyl (C=O) groups is 1. The van der Waals surface area contributed by atoms with E-state index < -0.39 is 0 Å². The van der Waals surface area contributed by atoms with Gasteiger partial charge in [0.25, 0.3) is 0 Å². The molecular weight excluding hydrogens is 402 g/mol. The van der Waals surface area contributed by atoms with Crippen LogP contribution in [0.25, 0.3) is 11.2 Å². The van der Waals surface area contributed by atoms with E-state index in [4.69, 9.17) is 0 Å². The Morgan fingerprint density at radius 1 is 0.844 bits per heavy atom. The number of anilines is 1. The van der Waals surface area contributed by atoms with Crippen molar-refractivity contribution in [2.45, 2.75) is 19.4 Å². The standard InChI is InChI=1S/C24H25N7O/c32-21(12-11-19-7-3-1-4-8-19)29-13-15-30(16-14-29)23-22-24(26-18-25-23)31(28-27-22)17-20-9-5-2-6-10-20/h1-10,18H,11-17H2. The van der Waals surface area contributed by atoms with Gasteiger partial charge in [0.2, 0.25) is 5.91 Å². The summed E-state index contributed by atoms with van der Waals surface area (Å²) < 4.78 is 1.80. The molecule has 1 saturated heterocycles. The van der Waals surface area contributed by atoms with Crippen molar-refractivity contribution >= 4 is 22.9 Å². The summed E-state index contributed by atoms with van der Waals surface area (Å²) in [7, 11) is 0. The first-order chi connectivity index (χ1) is 15.8. The van der Waals surface area contributed by atoms with Crippen molar-refractivity contribution < 1.29 is 4.79 Å². The van der Waals surface area contributed by atoms with Crippen LogP contribution in [0, 0.1) is 0 Å². The summed E-state index contributed by atoms with van der Waals surface area (Å²) in [4.78, 5) is 25.7. The number of amides is 1. The number of piperazine rings is 1. The van der Waals surface area contributed by atoms with E-state index in [1.165, 1.54) is 5.56 Å². The van der Waals surface area contributed by atoms with E-state index in [0.717, 1.165) is 23.4 Å². The minimum absolute atomic E-state index is 0.204. The maximum Gasteiger partial charge on any atom is 0.223 e. The first kappa shape index (κ1) is 20.1. The number of rotatable bonds is 6. The van der Waals surface area contributed by atoms with Crippen molar-refractivity contribution in [1.82, 2.24) is 29.9 Å². The Balaban J connectivity index is 1.23. The van der Waals surface area contributed by atoms with Crippen LogP contribution in [0.4, 0.5) is 5.82 Å². The monoisotopic (exact) mass is 427 g/mol. The summed E-state index contributed by atoms with van der Waals surface area (Å²) in [6.45, 7) is 3.40. The van der Waals surface area contributed by atoms with Crippen LogP contribution in [0.5, 0.6) is 0 Å². The fourth-order valence-electron chi connectivity index (χ4n) is 4.10. The molecule has 3 heterocycles. The first-order valence-electron chi connectivity index (χ1n) is 10.9. The molecule has 2 aromatic carbocycles. The number of aryl methyl sites for hydroxylation is 1. The quantitative estimate of drug-likeness (QED) is 0.471. The normalized spacial score (nSPS) is 14.1. The Morgan fingerprint density at radius 3 is 2.25 bits per heavy atom.